The zero-order valence-electron chi connectivity index (χ0n) is 13.5. The summed E-state index contributed by atoms with van der Waals surface area (Å²) in [6.45, 7) is 2.11. The summed E-state index contributed by atoms with van der Waals surface area (Å²) >= 11 is 0. The average Bonchev–Trinajstić information content (AvgIpc) is 3.33. The fraction of sp³-hybridized carbons (Fsp3) is 0.0455. The summed E-state index contributed by atoms with van der Waals surface area (Å²) < 4.78 is 0. The topological polar surface area (TPSA) is 28.1 Å². The maximum absolute atomic E-state index is 4.78. The van der Waals surface area contributed by atoms with E-state index in [1.807, 2.05) is 24.3 Å². The molecule has 0 saturated heterocycles. The average molecular weight is 310 g/mol. The Morgan fingerprint density at radius 1 is 0.750 bits per heavy atom. The van der Waals surface area contributed by atoms with Gasteiger partial charge in [0.05, 0.1) is 11.4 Å². The van der Waals surface area contributed by atoms with Crippen LogP contribution in [0.3, 0.4) is 0 Å². The summed E-state index contributed by atoms with van der Waals surface area (Å²) in [5.74, 6) is 0. The minimum atomic E-state index is 1.01. The molecule has 0 spiro atoms. The standard InChI is InChI=1S/C22H18N2/c1-16(19-12-14-21(23-19)17-8-4-2-5-9-17)20-13-15-22(24-20)18-10-6-3-7-11-18/h2-15,23H,1H3/b20-16-. The number of benzene rings is 2. The first kappa shape index (κ1) is 14.5. The molecule has 0 bridgehead atoms. The SMILES string of the molecule is C/C(=C1\C=CC(c2ccccc2)=N1)c1ccc(-c2ccccc2)[nH]1. The highest BCUT2D eigenvalue weighted by Crippen LogP contribution is 2.26. The Labute approximate surface area is 141 Å². The number of hydrogen-bond donors (Lipinski definition) is 1. The number of nitrogens with zero attached hydrogens (tertiary/aromatic N) is 1. The molecular weight excluding hydrogens is 292 g/mol. The first-order valence-electron chi connectivity index (χ1n) is 8.09. The lowest BCUT2D eigenvalue weighted by Gasteiger charge is -2.02. The number of nitrogens with one attached hydrogen (secondary N) is 1. The van der Waals surface area contributed by atoms with Gasteiger partial charge in [0.15, 0.2) is 0 Å². The molecular formula is C22H18N2. The zero-order valence-corrected chi connectivity index (χ0v) is 13.5. The van der Waals surface area contributed by atoms with Gasteiger partial charge in [-0.05, 0) is 42.3 Å². The van der Waals surface area contributed by atoms with Gasteiger partial charge in [-0.3, -0.25) is 0 Å². The maximum Gasteiger partial charge on any atom is 0.0710 e. The van der Waals surface area contributed by atoms with E-state index in [-0.39, 0.29) is 0 Å². The predicted molar refractivity (Wildman–Crippen MR) is 101 cm³/mol. The van der Waals surface area contributed by atoms with E-state index in [0.717, 1.165) is 33.9 Å². The second kappa shape index (κ2) is 6.17. The van der Waals surface area contributed by atoms with Crippen molar-refractivity contribution in [1.29, 1.82) is 0 Å². The molecule has 2 heteroatoms. The zero-order chi connectivity index (χ0) is 16.4. The second-order valence-electron chi connectivity index (χ2n) is 5.86. The van der Waals surface area contributed by atoms with Crippen LogP contribution in [0.15, 0.2) is 95.6 Å². The van der Waals surface area contributed by atoms with Crippen LogP contribution in [0.25, 0.3) is 16.8 Å². The number of hydrogen-bond acceptors (Lipinski definition) is 1. The van der Waals surface area contributed by atoms with Crippen molar-refractivity contribution in [2.24, 2.45) is 4.99 Å². The first-order valence-corrected chi connectivity index (χ1v) is 8.09. The summed E-state index contributed by atoms with van der Waals surface area (Å²) in [6, 6.07) is 24.9. The van der Waals surface area contributed by atoms with Crippen LogP contribution in [0.5, 0.6) is 0 Å². The van der Waals surface area contributed by atoms with Gasteiger partial charge < -0.3 is 4.98 Å². The van der Waals surface area contributed by atoms with E-state index in [1.54, 1.807) is 0 Å². The van der Waals surface area contributed by atoms with Crippen molar-refractivity contribution in [1.82, 2.24) is 4.98 Å². The van der Waals surface area contributed by atoms with Gasteiger partial charge in [-0.1, -0.05) is 60.7 Å². The summed E-state index contributed by atoms with van der Waals surface area (Å²) in [5.41, 5.74) is 7.74. The minimum absolute atomic E-state index is 1.01. The van der Waals surface area contributed by atoms with Gasteiger partial charge in [-0.25, -0.2) is 4.99 Å². The molecule has 0 fully saturated rings. The quantitative estimate of drug-likeness (QED) is 0.664. The molecule has 116 valence electrons. The third kappa shape index (κ3) is 2.74. The van der Waals surface area contributed by atoms with Crippen molar-refractivity contribution in [3.8, 4) is 11.3 Å². The molecule has 1 aliphatic rings. The Morgan fingerprint density at radius 2 is 1.42 bits per heavy atom. The molecule has 0 aliphatic carbocycles. The van der Waals surface area contributed by atoms with E-state index < -0.39 is 0 Å². The summed E-state index contributed by atoms with van der Waals surface area (Å²) in [4.78, 5) is 8.28. The largest absolute Gasteiger partial charge is 0.355 e. The molecule has 1 aromatic heterocycles. The van der Waals surface area contributed by atoms with Gasteiger partial charge in [0.2, 0.25) is 0 Å². The lowest BCUT2D eigenvalue weighted by molar-refractivity contribution is 1.31. The van der Waals surface area contributed by atoms with Crippen LogP contribution in [0.2, 0.25) is 0 Å². The van der Waals surface area contributed by atoms with Gasteiger partial charge in [0, 0.05) is 17.0 Å². The number of aromatic nitrogens is 1. The van der Waals surface area contributed by atoms with Gasteiger partial charge in [-0.15, -0.1) is 0 Å². The summed E-state index contributed by atoms with van der Waals surface area (Å²) in [5, 5.41) is 0. The molecule has 0 saturated carbocycles. The highest BCUT2D eigenvalue weighted by molar-refractivity contribution is 6.11. The highest BCUT2D eigenvalue weighted by Gasteiger charge is 2.11. The van der Waals surface area contributed by atoms with Crippen molar-refractivity contribution < 1.29 is 0 Å². The van der Waals surface area contributed by atoms with E-state index in [1.165, 1.54) is 5.56 Å². The molecule has 2 nitrogen and oxygen atoms in total. The molecule has 0 amide bonds. The van der Waals surface area contributed by atoms with Crippen LogP contribution in [-0.4, -0.2) is 10.7 Å². The van der Waals surface area contributed by atoms with Crippen LogP contribution >= 0.6 is 0 Å². The van der Waals surface area contributed by atoms with E-state index in [4.69, 9.17) is 4.99 Å². The minimum Gasteiger partial charge on any atom is -0.355 e. The monoisotopic (exact) mass is 310 g/mol. The van der Waals surface area contributed by atoms with E-state index in [0.29, 0.717) is 0 Å². The van der Waals surface area contributed by atoms with Gasteiger partial charge in [0.1, 0.15) is 0 Å². The normalized spacial score (nSPS) is 15.5. The Kier molecular flexibility index (Phi) is 3.72. The molecule has 3 aromatic rings. The van der Waals surface area contributed by atoms with Crippen molar-refractivity contribution >= 4 is 11.3 Å². The molecule has 0 unspecified atom stereocenters. The van der Waals surface area contributed by atoms with Crippen LogP contribution in [-0.2, 0) is 0 Å². The summed E-state index contributed by atoms with van der Waals surface area (Å²) in [6.07, 6.45) is 4.16. The van der Waals surface area contributed by atoms with Crippen molar-refractivity contribution in [3.05, 3.63) is 102 Å². The van der Waals surface area contributed by atoms with Crippen molar-refractivity contribution in [2.75, 3.05) is 0 Å². The molecule has 0 radical (unpaired) electrons. The van der Waals surface area contributed by atoms with E-state index >= 15 is 0 Å². The Morgan fingerprint density at radius 3 is 2.12 bits per heavy atom. The first-order chi connectivity index (χ1) is 11.8. The Hall–Kier alpha value is -3.13. The Balaban J connectivity index is 1.66. The van der Waals surface area contributed by atoms with Crippen LogP contribution in [0.1, 0.15) is 18.2 Å². The fourth-order valence-corrected chi connectivity index (χ4v) is 2.88. The number of H-pyrrole nitrogens is 1. The van der Waals surface area contributed by atoms with Crippen LogP contribution in [0, 0.1) is 0 Å². The molecule has 2 aromatic carbocycles. The molecule has 2 heterocycles. The third-order valence-electron chi connectivity index (χ3n) is 4.27. The van der Waals surface area contributed by atoms with Crippen molar-refractivity contribution in [3.63, 3.8) is 0 Å². The predicted octanol–water partition coefficient (Wildman–Crippen LogP) is 5.47. The molecule has 1 aliphatic heterocycles. The third-order valence-corrected chi connectivity index (χ3v) is 4.27. The van der Waals surface area contributed by atoms with E-state index in [2.05, 4.69) is 72.6 Å². The molecule has 24 heavy (non-hydrogen) atoms. The van der Waals surface area contributed by atoms with Crippen LogP contribution < -0.4 is 0 Å². The number of rotatable bonds is 3. The molecule has 4 rings (SSSR count). The van der Waals surface area contributed by atoms with Gasteiger partial charge in [0.25, 0.3) is 0 Å². The summed E-state index contributed by atoms with van der Waals surface area (Å²) in [7, 11) is 0. The maximum atomic E-state index is 4.78. The van der Waals surface area contributed by atoms with Gasteiger partial charge in [-0.2, -0.15) is 0 Å². The molecule has 1 N–H and O–H groups in total. The Bertz CT molecular complexity index is 942. The smallest absolute Gasteiger partial charge is 0.0710 e. The highest BCUT2D eigenvalue weighted by atomic mass is 14.8. The fourth-order valence-electron chi connectivity index (χ4n) is 2.88. The lowest BCUT2D eigenvalue weighted by Crippen LogP contribution is -1.92. The van der Waals surface area contributed by atoms with Crippen LogP contribution in [0.4, 0.5) is 0 Å². The second-order valence-corrected chi connectivity index (χ2v) is 5.86. The number of aromatic amines is 1. The molecule has 0 atom stereocenters. The van der Waals surface area contributed by atoms with Gasteiger partial charge >= 0.3 is 0 Å². The van der Waals surface area contributed by atoms with Crippen molar-refractivity contribution in [2.45, 2.75) is 6.92 Å². The van der Waals surface area contributed by atoms with E-state index in [9.17, 15) is 0 Å². The lowest BCUT2D eigenvalue weighted by atomic mass is 10.1. The number of aliphatic imine (C=N–C) groups is 1. The number of allylic oxidation sites excluding steroid dienone is 3.